The van der Waals surface area contributed by atoms with Crippen LogP contribution in [0.4, 0.5) is 5.82 Å². The van der Waals surface area contributed by atoms with Gasteiger partial charge < -0.3 is 5.32 Å². The predicted octanol–water partition coefficient (Wildman–Crippen LogP) is 5.43. The van der Waals surface area contributed by atoms with Crippen LogP contribution in [0.1, 0.15) is 50.6 Å². The van der Waals surface area contributed by atoms with Crippen molar-refractivity contribution < 1.29 is 4.79 Å². The molecule has 4 bridgehead atoms. The molecule has 0 saturated heterocycles. The van der Waals surface area contributed by atoms with Crippen molar-refractivity contribution in [1.29, 1.82) is 0 Å². The SMILES string of the molecule is Cc1cc(NC(=O)CC23CC4CC(CC(C4)C2)C3)n(-c2ncc(Cl)cc2Cl)n1. The number of aromatic nitrogens is 3. The van der Waals surface area contributed by atoms with Gasteiger partial charge in [-0.1, -0.05) is 23.2 Å². The third-order valence-corrected chi connectivity index (χ3v) is 7.27. The van der Waals surface area contributed by atoms with E-state index in [1.807, 2.05) is 13.0 Å². The predicted molar refractivity (Wildman–Crippen MR) is 110 cm³/mol. The van der Waals surface area contributed by atoms with Crippen molar-refractivity contribution in [1.82, 2.24) is 14.8 Å². The fourth-order valence-electron chi connectivity index (χ4n) is 6.35. The van der Waals surface area contributed by atoms with E-state index in [0.29, 0.717) is 28.1 Å². The number of aryl methyl sites for hydroxylation is 1. The number of nitrogens with one attached hydrogen (secondary N) is 1. The Hall–Kier alpha value is -1.59. The first-order valence-electron chi connectivity index (χ1n) is 10.1. The molecule has 1 amide bonds. The third kappa shape index (κ3) is 3.33. The van der Waals surface area contributed by atoms with E-state index >= 15 is 0 Å². The summed E-state index contributed by atoms with van der Waals surface area (Å²) < 4.78 is 1.59. The highest BCUT2D eigenvalue weighted by atomic mass is 35.5. The molecule has 0 atom stereocenters. The van der Waals surface area contributed by atoms with Gasteiger partial charge in [-0.3, -0.25) is 4.79 Å². The number of carbonyl (C=O) groups excluding carboxylic acids is 1. The Bertz CT molecular complexity index is 903. The molecule has 28 heavy (non-hydrogen) atoms. The summed E-state index contributed by atoms with van der Waals surface area (Å²) in [7, 11) is 0. The van der Waals surface area contributed by atoms with Crippen LogP contribution in [0.15, 0.2) is 18.3 Å². The molecule has 0 unspecified atom stereocenters. The first kappa shape index (κ1) is 18.4. The van der Waals surface area contributed by atoms with Gasteiger partial charge in [-0.15, -0.1) is 0 Å². The second kappa shape index (κ2) is 6.74. The lowest BCUT2D eigenvalue weighted by Gasteiger charge is -2.56. The number of pyridine rings is 1. The Kier molecular flexibility index (Phi) is 4.44. The van der Waals surface area contributed by atoms with E-state index < -0.39 is 0 Å². The van der Waals surface area contributed by atoms with Crippen LogP contribution in [-0.4, -0.2) is 20.7 Å². The van der Waals surface area contributed by atoms with Crippen LogP contribution in [-0.2, 0) is 4.79 Å². The van der Waals surface area contributed by atoms with Crippen LogP contribution in [0.25, 0.3) is 5.82 Å². The van der Waals surface area contributed by atoms with Gasteiger partial charge in [0.1, 0.15) is 5.82 Å². The average molecular weight is 419 g/mol. The first-order valence-corrected chi connectivity index (χ1v) is 10.8. The summed E-state index contributed by atoms with van der Waals surface area (Å²) in [6, 6.07) is 3.48. The quantitative estimate of drug-likeness (QED) is 0.719. The number of anilines is 1. The van der Waals surface area contributed by atoms with Crippen molar-refractivity contribution >= 4 is 34.9 Å². The highest BCUT2D eigenvalue weighted by Crippen LogP contribution is 2.61. The molecular formula is C21H24Cl2N4O. The maximum atomic E-state index is 13.0. The molecule has 0 aliphatic heterocycles. The van der Waals surface area contributed by atoms with Crippen molar-refractivity contribution in [3.8, 4) is 5.82 Å². The largest absolute Gasteiger partial charge is 0.311 e. The Morgan fingerprint density at radius 3 is 2.43 bits per heavy atom. The summed E-state index contributed by atoms with van der Waals surface area (Å²) in [6.07, 6.45) is 9.93. The third-order valence-electron chi connectivity index (χ3n) is 6.79. The maximum Gasteiger partial charge on any atom is 0.226 e. The molecule has 7 heteroatoms. The average Bonchev–Trinajstić information content (AvgIpc) is 2.92. The number of hydrogen-bond acceptors (Lipinski definition) is 3. The fourth-order valence-corrected chi connectivity index (χ4v) is 6.81. The summed E-state index contributed by atoms with van der Waals surface area (Å²) in [6.45, 7) is 1.88. The van der Waals surface area contributed by atoms with Crippen molar-refractivity contribution in [2.45, 2.75) is 51.9 Å². The number of halogens is 2. The van der Waals surface area contributed by atoms with Gasteiger partial charge in [0.25, 0.3) is 0 Å². The van der Waals surface area contributed by atoms with Gasteiger partial charge in [0.2, 0.25) is 5.91 Å². The fraction of sp³-hybridized carbons (Fsp3) is 0.571. The van der Waals surface area contributed by atoms with E-state index in [1.165, 1.54) is 44.7 Å². The molecule has 2 aromatic heterocycles. The molecule has 4 saturated carbocycles. The van der Waals surface area contributed by atoms with Crippen molar-refractivity contribution in [3.05, 3.63) is 34.1 Å². The highest BCUT2D eigenvalue weighted by Gasteiger charge is 2.51. The number of amides is 1. The molecular weight excluding hydrogens is 395 g/mol. The zero-order valence-electron chi connectivity index (χ0n) is 15.9. The van der Waals surface area contributed by atoms with Crippen molar-refractivity contribution in [2.75, 3.05) is 5.32 Å². The standard InChI is InChI=1S/C21H24Cl2N4O/c1-12-2-18(27(26-12)20-17(23)6-16(22)11-24-20)25-19(28)10-21-7-13-3-14(8-21)5-15(4-13)9-21/h2,6,11,13-15H,3-5,7-10H2,1H3,(H,25,28). The molecule has 4 fully saturated rings. The van der Waals surface area contributed by atoms with Crippen LogP contribution in [0.3, 0.4) is 0 Å². The van der Waals surface area contributed by atoms with Gasteiger partial charge in [-0.05, 0) is 74.7 Å². The van der Waals surface area contributed by atoms with E-state index in [4.69, 9.17) is 23.2 Å². The Morgan fingerprint density at radius 1 is 1.18 bits per heavy atom. The van der Waals surface area contributed by atoms with E-state index in [0.717, 1.165) is 23.4 Å². The van der Waals surface area contributed by atoms with E-state index in [1.54, 1.807) is 10.7 Å². The molecule has 2 aromatic rings. The topological polar surface area (TPSA) is 59.8 Å². The maximum absolute atomic E-state index is 13.0. The van der Waals surface area contributed by atoms with Crippen molar-refractivity contribution in [2.24, 2.45) is 23.2 Å². The van der Waals surface area contributed by atoms with Gasteiger partial charge in [0.05, 0.1) is 15.7 Å². The number of carbonyl (C=O) groups is 1. The van der Waals surface area contributed by atoms with Gasteiger partial charge in [-0.2, -0.15) is 9.78 Å². The normalized spacial score (nSPS) is 30.6. The Morgan fingerprint density at radius 2 is 1.82 bits per heavy atom. The first-order chi connectivity index (χ1) is 13.4. The minimum Gasteiger partial charge on any atom is -0.311 e. The van der Waals surface area contributed by atoms with Crippen LogP contribution in [0.2, 0.25) is 10.0 Å². The summed E-state index contributed by atoms with van der Waals surface area (Å²) in [4.78, 5) is 17.3. The lowest BCUT2D eigenvalue weighted by Crippen LogP contribution is -2.47. The van der Waals surface area contributed by atoms with Crippen LogP contribution in [0.5, 0.6) is 0 Å². The number of rotatable bonds is 4. The summed E-state index contributed by atoms with van der Waals surface area (Å²) in [5.74, 6) is 3.64. The molecule has 6 rings (SSSR count). The molecule has 4 aliphatic rings. The summed E-state index contributed by atoms with van der Waals surface area (Å²) in [5, 5.41) is 8.40. The molecule has 0 radical (unpaired) electrons. The molecule has 148 valence electrons. The highest BCUT2D eigenvalue weighted by molar-refractivity contribution is 6.35. The van der Waals surface area contributed by atoms with Crippen molar-refractivity contribution in [3.63, 3.8) is 0 Å². The van der Waals surface area contributed by atoms with E-state index in [9.17, 15) is 4.79 Å². The van der Waals surface area contributed by atoms with Crippen LogP contribution in [0, 0.1) is 30.1 Å². The van der Waals surface area contributed by atoms with E-state index in [-0.39, 0.29) is 11.3 Å². The van der Waals surface area contributed by atoms with Gasteiger partial charge >= 0.3 is 0 Å². The summed E-state index contributed by atoms with van der Waals surface area (Å²) in [5.41, 5.74) is 0.993. The lowest BCUT2D eigenvalue weighted by atomic mass is 9.49. The molecule has 5 nitrogen and oxygen atoms in total. The van der Waals surface area contributed by atoms with Crippen LogP contribution < -0.4 is 5.32 Å². The van der Waals surface area contributed by atoms with E-state index in [2.05, 4.69) is 15.4 Å². The molecule has 1 N–H and O–H groups in total. The Labute approximate surface area is 174 Å². The second-order valence-electron chi connectivity index (χ2n) is 9.18. The lowest BCUT2D eigenvalue weighted by molar-refractivity contribution is -0.124. The van der Waals surface area contributed by atoms with Crippen LogP contribution >= 0.6 is 23.2 Å². The smallest absolute Gasteiger partial charge is 0.226 e. The van der Waals surface area contributed by atoms with Gasteiger partial charge in [0.15, 0.2) is 5.82 Å². The molecule has 4 aliphatic carbocycles. The minimum absolute atomic E-state index is 0.0631. The zero-order valence-corrected chi connectivity index (χ0v) is 17.4. The molecule has 2 heterocycles. The Balaban J connectivity index is 1.36. The zero-order chi connectivity index (χ0) is 19.5. The van der Waals surface area contributed by atoms with Gasteiger partial charge in [-0.25, -0.2) is 4.98 Å². The van der Waals surface area contributed by atoms with Gasteiger partial charge in [0, 0.05) is 18.7 Å². The molecule has 0 aromatic carbocycles. The molecule has 0 spiro atoms. The monoisotopic (exact) mass is 418 g/mol. The summed E-state index contributed by atoms with van der Waals surface area (Å²) >= 11 is 12.3. The second-order valence-corrected chi connectivity index (χ2v) is 10.0. The minimum atomic E-state index is 0.0631. The number of hydrogen-bond donors (Lipinski definition) is 1. The number of nitrogens with zero attached hydrogens (tertiary/aromatic N) is 3.